The van der Waals surface area contributed by atoms with Crippen molar-refractivity contribution in [2.75, 3.05) is 6.54 Å². The van der Waals surface area contributed by atoms with E-state index in [1.165, 1.54) is 0 Å². The predicted octanol–water partition coefficient (Wildman–Crippen LogP) is 0.837. The Balaban J connectivity index is 2.48. The lowest BCUT2D eigenvalue weighted by molar-refractivity contribution is -0.0339. The first kappa shape index (κ1) is 10.6. The van der Waals surface area contributed by atoms with Crippen molar-refractivity contribution in [3.8, 4) is 0 Å². The molecule has 0 aromatic carbocycles. The smallest absolute Gasteiger partial charge is 0.0969 e. The monoisotopic (exact) mass is 209 g/mol. The van der Waals surface area contributed by atoms with Crippen LogP contribution in [0.1, 0.15) is 36.7 Å². The van der Waals surface area contributed by atoms with E-state index in [0.29, 0.717) is 13.0 Å². The summed E-state index contributed by atoms with van der Waals surface area (Å²) in [4.78, 5) is 0. The van der Waals surface area contributed by atoms with Gasteiger partial charge in [0.1, 0.15) is 0 Å². The van der Waals surface area contributed by atoms with Crippen LogP contribution in [0, 0.1) is 12.8 Å². The number of hydrogen-bond acceptors (Lipinski definition) is 3. The molecule has 4 nitrogen and oxygen atoms in total. The summed E-state index contributed by atoms with van der Waals surface area (Å²) in [5.74, 6) is 0.254. The largest absolute Gasteiger partial charge is 0.385 e. The molecule has 1 aliphatic rings. The molecule has 0 bridgehead atoms. The van der Waals surface area contributed by atoms with Crippen LogP contribution >= 0.6 is 0 Å². The van der Waals surface area contributed by atoms with Crippen LogP contribution in [0.4, 0.5) is 0 Å². The van der Waals surface area contributed by atoms with Crippen molar-refractivity contribution in [2.24, 2.45) is 11.7 Å². The van der Waals surface area contributed by atoms with Crippen molar-refractivity contribution in [3.63, 3.8) is 0 Å². The molecular weight excluding hydrogens is 190 g/mol. The molecule has 1 aliphatic carbocycles. The number of rotatable bonds is 2. The maximum Gasteiger partial charge on any atom is 0.0969 e. The number of aromatic amines is 1. The van der Waals surface area contributed by atoms with Crippen LogP contribution in [0.2, 0.25) is 0 Å². The molecule has 0 fully saturated rings. The molecule has 0 saturated carbocycles. The van der Waals surface area contributed by atoms with Gasteiger partial charge in [-0.2, -0.15) is 5.10 Å². The van der Waals surface area contributed by atoms with Gasteiger partial charge in [-0.3, -0.25) is 5.10 Å². The van der Waals surface area contributed by atoms with E-state index >= 15 is 0 Å². The number of nitrogens with two attached hydrogens (primary N) is 1. The Kier molecular flexibility index (Phi) is 2.56. The van der Waals surface area contributed by atoms with Gasteiger partial charge in [-0.1, -0.05) is 6.92 Å². The number of nitrogens with one attached hydrogen (secondary N) is 1. The van der Waals surface area contributed by atoms with Gasteiger partial charge in [0.2, 0.25) is 0 Å². The van der Waals surface area contributed by atoms with Crippen LogP contribution < -0.4 is 5.73 Å². The SMILES string of the molecule is Cc1[nH]nc2c1C(O)(CCN)C(C)CC2. The van der Waals surface area contributed by atoms with Crippen LogP contribution in [0.25, 0.3) is 0 Å². The molecule has 2 unspecified atom stereocenters. The summed E-state index contributed by atoms with van der Waals surface area (Å²) >= 11 is 0. The molecule has 1 heterocycles. The fourth-order valence-corrected chi connectivity index (χ4v) is 2.66. The zero-order chi connectivity index (χ0) is 11.1. The van der Waals surface area contributed by atoms with Gasteiger partial charge in [-0.05, 0) is 38.6 Å². The quantitative estimate of drug-likeness (QED) is 0.675. The lowest BCUT2D eigenvalue weighted by atomic mass is 9.72. The fourth-order valence-electron chi connectivity index (χ4n) is 2.66. The Bertz CT molecular complexity index is 361. The molecule has 0 spiro atoms. The van der Waals surface area contributed by atoms with Gasteiger partial charge < -0.3 is 10.8 Å². The number of nitrogens with zero attached hydrogens (tertiary/aromatic N) is 1. The van der Waals surface area contributed by atoms with Crippen molar-refractivity contribution in [2.45, 2.75) is 38.7 Å². The van der Waals surface area contributed by atoms with Gasteiger partial charge >= 0.3 is 0 Å². The lowest BCUT2D eigenvalue weighted by Crippen LogP contribution is -2.40. The van der Waals surface area contributed by atoms with Gasteiger partial charge in [-0.25, -0.2) is 0 Å². The van der Waals surface area contributed by atoms with Gasteiger partial charge in [0.25, 0.3) is 0 Å². The highest BCUT2D eigenvalue weighted by Gasteiger charge is 2.42. The standard InChI is InChI=1S/C11H19N3O/c1-7-3-4-9-10(8(2)13-14-9)11(7,15)5-6-12/h7,15H,3-6,12H2,1-2H3,(H,13,14). The van der Waals surface area contributed by atoms with Gasteiger partial charge in [0, 0.05) is 11.3 Å². The van der Waals surface area contributed by atoms with E-state index in [1.807, 2.05) is 6.92 Å². The van der Waals surface area contributed by atoms with Crippen molar-refractivity contribution in [1.29, 1.82) is 0 Å². The Morgan fingerprint density at radius 1 is 1.67 bits per heavy atom. The van der Waals surface area contributed by atoms with Crippen molar-refractivity contribution in [3.05, 3.63) is 17.0 Å². The summed E-state index contributed by atoms with van der Waals surface area (Å²) in [7, 11) is 0. The first-order valence-corrected chi connectivity index (χ1v) is 5.56. The molecule has 4 N–H and O–H groups in total. The molecule has 2 atom stereocenters. The minimum Gasteiger partial charge on any atom is -0.385 e. The first-order valence-electron chi connectivity index (χ1n) is 5.56. The Morgan fingerprint density at radius 3 is 3.07 bits per heavy atom. The van der Waals surface area contributed by atoms with Gasteiger partial charge in [0.05, 0.1) is 11.3 Å². The number of aliphatic hydroxyl groups is 1. The average molecular weight is 209 g/mol. The highest BCUT2D eigenvalue weighted by molar-refractivity contribution is 5.34. The number of fused-ring (bicyclic) bond motifs is 1. The molecule has 1 aromatic heterocycles. The summed E-state index contributed by atoms with van der Waals surface area (Å²) in [6, 6.07) is 0. The van der Waals surface area contributed by atoms with Crippen molar-refractivity contribution in [1.82, 2.24) is 10.2 Å². The summed E-state index contributed by atoms with van der Waals surface area (Å²) in [6.07, 6.45) is 2.54. The zero-order valence-corrected chi connectivity index (χ0v) is 9.38. The van der Waals surface area contributed by atoms with Crippen LogP contribution in [0.5, 0.6) is 0 Å². The Hall–Kier alpha value is -0.870. The maximum absolute atomic E-state index is 10.7. The Morgan fingerprint density at radius 2 is 2.40 bits per heavy atom. The topological polar surface area (TPSA) is 74.9 Å². The molecular formula is C11H19N3O. The van der Waals surface area contributed by atoms with Crippen LogP contribution in [0.15, 0.2) is 0 Å². The molecule has 1 aromatic rings. The highest BCUT2D eigenvalue weighted by atomic mass is 16.3. The summed E-state index contributed by atoms with van der Waals surface area (Å²) in [5, 5.41) is 17.9. The van der Waals surface area contributed by atoms with E-state index in [1.54, 1.807) is 0 Å². The second-order valence-electron chi connectivity index (χ2n) is 4.57. The first-order chi connectivity index (χ1) is 7.09. The molecule has 0 radical (unpaired) electrons. The molecule has 2 rings (SSSR count). The van der Waals surface area contributed by atoms with E-state index in [0.717, 1.165) is 29.8 Å². The average Bonchev–Trinajstić information content (AvgIpc) is 2.56. The summed E-state index contributed by atoms with van der Waals surface area (Å²) in [6.45, 7) is 4.56. The third-order valence-corrected chi connectivity index (χ3v) is 3.61. The lowest BCUT2D eigenvalue weighted by Gasteiger charge is -2.38. The van der Waals surface area contributed by atoms with E-state index < -0.39 is 5.60 Å². The van der Waals surface area contributed by atoms with Crippen molar-refractivity contribution < 1.29 is 5.11 Å². The molecule has 4 heteroatoms. The van der Waals surface area contributed by atoms with E-state index in [9.17, 15) is 5.11 Å². The third kappa shape index (κ3) is 1.48. The minimum atomic E-state index is -0.778. The number of H-pyrrole nitrogens is 1. The summed E-state index contributed by atoms with van der Waals surface area (Å²) < 4.78 is 0. The van der Waals surface area contributed by atoms with Gasteiger partial charge in [-0.15, -0.1) is 0 Å². The molecule has 0 amide bonds. The number of hydrogen-bond donors (Lipinski definition) is 3. The molecule has 15 heavy (non-hydrogen) atoms. The second-order valence-corrected chi connectivity index (χ2v) is 4.57. The highest BCUT2D eigenvalue weighted by Crippen LogP contribution is 2.42. The minimum absolute atomic E-state index is 0.254. The van der Waals surface area contributed by atoms with Crippen molar-refractivity contribution >= 4 is 0 Å². The normalized spacial score (nSPS) is 30.3. The maximum atomic E-state index is 10.7. The number of aromatic nitrogens is 2. The zero-order valence-electron chi connectivity index (χ0n) is 9.38. The Labute approximate surface area is 89.9 Å². The fraction of sp³-hybridized carbons (Fsp3) is 0.727. The summed E-state index contributed by atoms with van der Waals surface area (Å²) in [5.41, 5.74) is 7.80. The van der Waals surface area contributed by atoms with E-state index in [2.05, 4.69) is 17.1 Å². The molecule has 0 aliphatic heterocycles. The third-order valence-electron chi connectivity index (χ3n) is 3.61. The van der Waals surface area contributed by atoms with E-state index in [-0.39, 0.29) is 5.92 Å². The van der Waals surface area contributed by atoms with Gasteiger partial charge in [0.15, 0.2) is 0 Å². The van der Waals surface area contributed by atoms with Crippen LogP contribution in [-0.2, 0) is 12.0 Å². The second kappa shape index (κ2) is 3.61. The number of aryl methyl sites for hydroxylation is 2. The van der Waals surface area contributed by atoms with E-state index in [4.69, 9.17) is 5.73 Å². The molecule has 0 saturated heterocycles. The predicted molar refractivity (Wildman–Crippen MR) is 58.4 cm³/mol. The molecule has 84 valence electrons. The van der Waals surface area contributed by atoms with Crippen LogP contribution in [-0.4, -0.2) is 21.8 Å². The van der Waals surface area contributed by atoms with Crippen LogP contribution in [0.3, 0.4) is 0 Å².